The number of H-pyrrole nitrogens is 1. The number of halogens is 2. The lowest BCUT2D eigenvalue weighted by atomic mass is 10.1. The molecule has 172 valence electrons. The van der Waals surface area contributed by atoms with Crippen LogP contribution < -0.4 is 21.9 Å². The van der Waals surface area contributed by atoms with Crippen molar-refractivity contribution >= 4 is 17.4 Å². The quantitative estimate of drug-likeness (QED) is 0.459. The number of hydrogen-bond acceptors (Lipinski definition) is 4. The van der Waals surface area contributed by atoms with Gasteiger partial charge in [0, 0.05) is 0 Å². The van der Waals surface area contributed by atoms with E-state index >= 15 is 0 Å². The van der Waals surface area contributed by atoms with Crippen LogP contribution in [0.4, 0.5) is 20.3 Å². The number of carbonyl (C=O) groups excluding carboxylic acids is 1. The molecule has 4 rings (SSSR count). The van der Waals surface area contributed by atoms with Gasteiger partial charge in [0.1, 0.15) is 5.82 Å². The largest absolute Gasteiger partial charge is 0.383 e. The van der Waals surface area contributed by atoms with E-state index in [9.17, 15) is 23.2 Å². The second-order valence-corrected chi connectivity index (χ2v) is 7.54. The smallest absolute Gasteiger partial charge is 0.330 e. The molecule has 34 heavy (non-hydrogen) atoms. The fraction of sp³-hybridized carbons (Fsp3) is 0.0800. The molecule has 3 N–H and O–H groups in total. The molecule has 9 heteroatoms. The van der Waals surface area contributed by atoms with E-state index in [1.165, 1.54) is 6.07 Å². The van der Waals surface area contributed by atoms with E-state index in [1.54, 1.807) is 54.6 Å². The maximum Gasteiger partial charge on any atom is 0.330 e. The number of nitrogen functional groups attached to an aromatic ring is 1. The van der Waals surface area contributed by atoms with Gasteiger partial charge in [-0.2, -0.15) is 0 Å². The molecule has 1 heterocycles. The van der Waals surface area contributed by atoms with Crippen LogP contribution in [0.15, 0.2) is 88.5 Å². The summed E-state index contributed by atoms with van der Waals surface area (Å²) in [6, 6.07) is 20.7. The van der Waals surface area contributed by atoms with Crippen LogP contribution in [0.2, 0.25) is 0 Å². The Bertz CT molecular complexity index is 1450. The average Bonchev–Trinajstić information content (AvgIpc) is 2.83. The van der Waals surface area contributed by atoms with Gasteiger partial charge in [-0.05, 0) is 23.3 Å². The van der Waals surface area contributed by atoms with E-state index < -0.39 is 34.4 Å². The van der Waals surface area contributed by atoms with Crippen LogP contribution in [0.3, 0.4) is 0 Å². The average molecular weight is 462 g/mol. The minimum Gasteiger partial charge on any atom is -0.383 e. The molecule has 3 aromatic carbocycles. The summed E-state index contributed by atoms with van der Waals surface area (Å²) >= 11 is 0. The summed E-state index contributed by atoms with van der Waals surface area (Å²) in [7, 11) is 0. The van der Waals surface area contributed by atoms with E-state index in [4.69, 9.17) is 5.73 Å². The number of nitrogens with zero attached hydrogens (tertiary/aromatic N) is 2. The van der Waals surface area contributed by atoms with Crippen LogP contribution in [0.1, 0.15) is 21.5 Å². The summed E-state index contributed by atoms with van der Waals surface area (Å²) < 4.78 is 29.5. The van der Waals surface area contributed by atoms with Crippen molar-refractivity contribution in [2.75, 3.05) is 10.6 Å². The summed E-state index contributed by atoms with van der Waals surface area (Å²) in [5.74, 6) is -3.82. The SMILES string of the molecule is Nc1c(N(Cc2ccccc2)C(=O)c2cccc(F)c2F)c(=O)[nH]c(=O)n1Cc1ccccc1. The van der Waals surface area contributed by atoms with Gasteiger partial charge in [0.05, 0.1) is 18.7 Å². The molecule has 0 saturated carbocycles. The van der Waals surface area contributed by atoms with Crippen molar-refractivity contribution in [3.05, 3.63) is 128 Å². The number of amides is 1. The lowest BCUT2D eigenvalue weighted by Gasteiger charge is -2.25. The van der Waals surface area contributed by atoms with Gasteiger partial charge < -0.3 is 5.73 Å². The molecule has 0 aliphatic heterocycles. The second kappa shape index (κ2) is 9.53. The van der Waals surface area contributed by atoms with Crippen LogP contribution in [0, 0.1) is 11.6 Å². The third kappa shape index (κ3) is 4.49. The first-order valence-corrected chi connectivity index (χ1v) is 10.3. The molecule has 0 unspecified atom stereocenters. The molecule has 0 saturated heterocycles. The predicted octanol–water partition coefficient (Wildman–Crippen LogP) is 3.29. The van der Waals surface area contributed by atoms with Crippen molar-refractivity contribution in [2.45, 2.75) is 13.1 Å². The Balaban J connectivity index is 1.88. The van der Waals surface area contributed by atoms with Gasteiger partial charge in [-0.1, -0.05) is 66.7 Å². The molecular weight excluding hydrogens is 442 g/mol. The molecule has 7 nitrogen and oxygen atoms in total. The lowest BCUT2D eigenvalue weighted by Crippen LogP contribution is -2.41. The van der Waals surface area contributed by atoms with Crippen molar-refractivity contribution in [1.82, 2.24) is 9.55 Å². The maximum atomic E-state index is 14.5. The van der Waals surface area contributed by atoms with E-state index in [-0.39, 0.29) is 24.6 Å². The van der Waals surface area contributed by atoms with Crippen LogP contribution in [0.25, 0.3) is 0 Å². The van der Waals surface area contributed by atoms with Gasteiger partial charge >= 0.3 is 5.69 Å². The van der Waals surface area contributed by atoms with Crippen molar-refractivity contribution in [2.24, 2.45) is 0 Å². The number of hydrogen-bond donors (Lipinski definition) is 2. The Morgan fingerprint density at radius 1 is 0.882 bits per heavy atom. The molecule has 0 fully saturated rings. The number of nitrogens with two attached hydrogens (primary N) is 1. The first-order chi connectivity index (χ1) is 16.4. The lowest BCUT2D eigenvalue weighted by molar-refractivity contribution is 0.0980. The standard InChI is InChI=1S/C25H20F2N4O3/c26-19-13-7-12-18(20(19)27)24(33)30(14-16-8-3-1-4-9-16)21-22(28)31(25(34)29-23(21)32)15-17-10-5-2-6-11-17/h1-13H,14-15,28H2,(H,29,32,34). The Morgan fingerprint density at radius 3 is 2.15 bits per heavy atom. The molecule has 0 aliphatic carbocycles. The summed E-state index contributed by atoms with van der Waals surface area (Å²) in [6.07, 6.45) is 0. The Hall–Kier alpha value is -4.53. The van der Waals surface area contributed by atoms with Crippen LogP contribution in [-0.2, 0) is 13.1 Å². The highest BCUT2D eigenvalue weighted by Crippen LogP contribution is 2.24. The van der Waals surface area contributed by atoms with Gasteiger partial charge in [-0.3, -0.25) is 24.0 Å². The number of carbonyl (C=O) groups is 1. The monoisotopic (exact) mass is 462 g/mol. The molecule has 0 bridgehead atoms. The molecule has 0 aliphatic rings. The highest BCUT2D eigenvalue weighted by Gasteiger charge is 2.28. The van der Waals surface area contributed by atoms with Gasteiger partial charge in [-0.15, -0.1) is 0 Å². The molecule has 0 radical (unpaired) electrons. The van der Waals surface area contributed by atoms with E-state index in [0.717, 1.165) is 27.2 Å². The van der Waals surface area contributed by atoms with Crippen molar-refractivity contribution < 1.29 is 13.6 Å². The number of nitrogens with one attached hydrogen (secondary N) is 1. The first kappa shape index (κ1) is 22.7. The van der Waals surface area contributed by atoms with Crippen molar-refractivity contribution in [3.63, 3.8) is 0 Å². The first-order valence-electron chi connectivity index (χ1n) is 10.3. The summed E-state index contributed by atoms with van der Waals surface area (Å²) in [4.78, 5) is 42.0. The highest BCUT2D eigenvalue weighted by molar-refractivity contribution is 6.07. The predicted molar refractivity (Wildman–Crippen MR) is 125 cm³/mol. The number of benzene rings is 3. The molecule has 1 amide bonds. The van der Waals surface area contributed by atoms with Crippen LogP contribution in [-0.4, -0.2) is 15.5 Å². The van der Waals surface area contributed by atoms with Crippen molar-refractivity contribution in [1.29, 1.82) is 0 Å². The zero-order valence-corrected chi connectivity index (χ0v) is 17.9. The number of rotatable bonds is 6. The molecule has 1 aromatic heterocycles. The van der Waals surface area contributed by atoms with Crippen LogP contribution in [0.5, 0.6) is 0 Å². The maximum absolute atomic E-state index is 14.5. The van der Waals surface area contributed by atoms with Gasteiger partial charge in [0.15, 0.2) is 17.3 Å². The molecule has 0 spiro atoms. The topological polar surface area (TPSA) is 101 Å². The third-order valence-electron chi connectivity index (χ3n) is 5.28. The fourth-order valence-electron chi connectivity index (χ4n) is 3.59. The van der Waals surface area contributed by atoms with Gasteiger partial charge in [0.25, 0.3) is 11.5 Å². The Labute approximate surface area is 192 Å². The molecular formula is C25H20F2N4O3. The highest BCUT2D eigenvalue weighted by atomic mass is 19.2. The Kier molecular flexibility index (Phi) is 6.35. The van der Waals surface area contributed by atoms with E-state index in [2.05, 4.69) is 4.98 Å². The minimum absolute atomic E-state index is 0.0248. The summed E-state index contributed by atoms with van der Waals surface area (Å²) in [5.41, 5.74) is 4.98. The van der Waals surface area contributed by atoms with Crippen LogP contribution >= 0.6 is 0 Å². The number of anilines is 2. The summed E-state index contributed by atoms with van der Waals surface area (Å²) in [6.45, 7) is -0.149. The van der Waals surface area contributed by atoms with Crippen molar-refractivity contribution in [3.8, 4) is 0 Å². The number of aromatic amines is 1. The number of aromatic nitrogens is 2. The Morgan fingerprint density at radius 2 is 1.50 bits per heavy atom. The van der Waals surface area contributed by atoms with Gasteiger partial charge in [-0.25, -0.2) is 13.6 Å². The van der Waals surface area contributed by atoms with Gasteiger partial charge in [0.2, 0.25) is 0 Å². The molecule has 0 atom stereocenters. The van der Waals surface area contributed by atoms with E-state index in [0.29, 0.717) is 5.56 Å². The minimum atomic E-state index is -1.35. The molecule has 4 aromatic rings. The normalized spacial score (nSPS) is 10.8. The second-order valence-electron chi connectivity index (χ2n) is 7.54. The third-order valence-corrected chi connectivity index (χ3v) is 5.28. The fourth-order valence-corrected chi connectivity index (χ4v) is 3.59. The summed E-state index contributed by atoms with van der Waals surface area (Å²) in [5, 5.41) is 0. The van der Waals surface area contributed by atoms with E-state index in [1.807, 2.05) is 6.07 Å². The zero-order chi connectivity index (χ0) is 24.2. The zero-order valence-electron chi connectivity index (χ0n) is 17.9.